The fourth-order valence-corrected chi connectivity index (χ4v) is 4.91. The van der Waals surface area contributed by atoms with Gasteiger partial charge in [-0.2, -0.15) is 0 Å². The minimum atomic E-state index is -0.272. The maximum atomic E-state index is 12.6. The van der Waals surface area contributed by atoms with Crippen molar-refractivity contribution in [1.29, 1.82) is 0 Å². The number of hydrogen-bond donors (Lipinski definition) is 0. The fraction of sp³-hybridized carbons (Fsp3) is 0.929. The molecule has 2 aliphatic carbocycles. The Kier molecular flexibility index (Phi) is 2.81. The number of alkyl halides is 1. The third-order valence-electron chi connectivity index (χ3n) is 5.12. The van der Waals surface area contributed by atoms with Gasteiger partial charge in [0.05, 0.1) is 4.32 Å². The maximum absolute atomic E-state index is 12.6. The molecule has 0 aliphatic heterocycles. The first-order chi connectivity index (χ1) is 7.20. The number of carbonyl (C=O) groups excluding carboxylic acids is 1. The van der Waals surface area contributed by atoms with E-state index >= 15 is 0 Å². The van der Waals surface area contributed by atoms with Gasteiger partial charge >= 0.3 is 0 Å². The Hall–Kier alpha value is 0.150. The number of rotatable bonds is 0. The molecule has 0 aromatic heterocycles. The minimum absolute atomic E-state index is 0.0851. The van der Waals surface area contributed by atoms with Crippen molar-refractivity contribution in [2.45, 2.75) is 64.1 Å². The van der Waals surface area contributed by atoms with E-state index in [4.69, 9.17) is 0 Å². The van der Waals surface area contributed by atoms with Crippen molar-refractivity contribution < 1.29 is 4.79 Å². The Labute approximate surface area is 108 Å². The monoisotopic (exact) mass is 286 g/mol. The van der Waals surface area contributed by atoms with Gasteiger partial charge in [-0.05, 0) is 43.9 Å². The number of halogens is 1. The second kappa shape index (κ2) is 3.57. The molecule has 2 aliphatic rings. The largest absolute Gasteiger partial charge is 0.298 e. The van der Waals surface area contributed by atoms with E-state index in [1.54, 1.807) is 0 Å². The van der Waals surface area contributed by atoms with Crippen LogP contribution in [-0.4, -0.2) is 10.1 Å². The van der Waals surface area contributed by atoms with Gasteiger partial charge in [-0.25, -0.2) is 0 Å². The topological polar surface area (TPSA) is 17.1 Å². The second-order valence-electron chi connectivity index (χ2n) is 6.88. The van der Waals surface area contributed by atoms with Crippen LogP contribution in [0.15, 0.2) is 0 Å². The molecule has 0 aromatic carbocycles. The first kappa shape index (κ1) is 12.6. The van der Waals surface area contributed by atoms with E-state index in [9.17, 15) is 4.79 Å². The zero-order valence-corrected chi connectivity index (χ0v) is 12.5. The second-order valence-corrected chi connectivity index (χ2v) is 8.63. The summed E-state index contributed by atoms with van der Waals surface area (Å²) in [7, 11) is 0. The fourth-order valence-electron chi connectivity index (χ4n) is 4.23. The highest BCUT2D eigenvalue weighted by Gasteiger charge is 2.57. The van der Waals surface area contributed by atoms with E-state index in [1.165, 1.54) is 19.3 Å². The number of ketones is 1. The summed E-state index contributed by atoms with van der Waals surface area (Å²) in [6.45, 7) is 8.95. The van der Waals surface area contributed by atoms with Crippen molar-refractivity contribution in [1.82, 2.24) is 0 Å². The molecule has 0 bridgehead atoms. The van der Waals surface area contributed by atoms with Gasteiger partial charge in [-0.1, -0.05) is 43.1 Å². The van der Waals surface area contributed by atoms with E-state index in [-0.39, 0.29) is 9.74 Å². The Morgan fingerprint density at radius 1 is 1.12 bits per heavy atom. The van der Waals surface area contributed by atoms with Crippen molar-refractivity contribution in [2.75, 3.05) is 0 Å². The first-order valence-corrected chi connectivity index (χ1v) is 7.23. The smallest absolute Gasteiger partial charge is 0.155 e. The molecule has 1 unspecified atom stereocenters. The number of carbonyl (C=O) groups is 1. The zero-order valence-electron chi connectivity index (χ0n) is 10.9. The molecule has 2 heteroatoms. The molecule has 3 atom stereocenters. The molecule has 0 amide bonds. The lowest BCUT2D eigenvalue weighted by Crippen LogP contribution is -2.56. The Morgan fingerprint density at radius 3 is 2.38 bits per heavy atom. The Bertz CT molecular complexity index is 319. The van der Waals surface area contributed by atoms with Gasteiger partial charge in [-0.3, -0.25) is 4.79 Å². The third-order valence-corrected chi connectivity index (χ3v) is 5.88. The summed E-state index contributed by atoms with van der Waals surface area (Å²) in [4.78, 5) is 12.6. The highest BCUT2D eigenvalue weighted by molar-refractivity contribution is 9.10. The van der Waals surface area contributed by atoms with E-state index in [1.807, 2.05) is 0 Å². The van der Waals surface area contributed by atoms with Crippen LogP contribution in [-0.2, 0) is 4.79 Å². The Morgan fingerprint density at radius 2 is 1.75 bits per heavy atom. The standard InChI is InChI=1S/C14H23BrO/c1-12(2)7-5-8-13(3)10(12)6-9-14(4,15)11(13)16/h10H,5-9H2,1-4H3/t10-,13+,14?/m1/s1. The van der Waals surface area contributed by atoms with E-state index in [0.717, 1.165) is 12.8 Å². The van der Waals surface area contributed by atoms with Gasteiger partial charge in [0, 0.05) is 5.41 Å². The summed E-state index contributed by atoms with van der Waals surface area (Å²) in [5.41, 5.74) is 0.254. The zero-order chi connectivity index (χ0) is 12.2. The average molecular weight is 287 g/mol. The van der Waals surface area contributed by atoms with Crippen LogP contribution in [0, 0.1) is 16.7 Å². The van der Waals surface area contributed by atoms with Crippen molar-refractivity contribution >= 4 is 21.7 Å². The molecular weight excluding hydrogens is 264 g/mol. The van der Waals surface area contributed by atoms with Gasteiger partial charge in [0.15, 0.2) is 5.78 Å². The highest BCUT2D eigenvalue weighted by Crippen LogP contribution is 2.59. The molecule has 0 heterocycles. The van der Waals surface area contributed by atoms with Crippen LogP contribution in [0.2, 0.25) is 0 Å². The van der Waals surface area contributed by atoms with Gasteiger partial charge in [0.1, 0.15) is 0 Å². The van der Waals surface area contributed by atoms with Gasteiger partial charge < -0.3 is 0 Å². The summed E-state index contributed by atoms with van der Waals surface area (Å²) in [5, 5.41) is 0. The van der Waals surface area contributed by atoms with Crippen molar-refractivity contribution in [3.63, 3.8) is 0 Å². The lowest BCUT2D eigenvalue weighted by molar-refractivity contribution is -0.145. The van der Waals surface area contributed by atoms with Crippen LogP contribution in [0.4, 0.5) is 0 Å². The summed E-state index contributed by atoms with van der Waals surface area (Å²) in [5.74, 6) is 1.02. The minimum Gasteiger partial charge on any atom is -0.298 e. The molecule has 1 nitrogen and oxygen atoms in total. The van der Waals surface area contributed by atoms with Crippen LogP contribution in [0.3, 0.4) is 0 Å². The number of Topliss-reactive ketones (excluding diaryl/α,β-unsaturated/α-hetero) is 1. The van der Waals surface area contributed by atoms with E-state index < -0.39 is 0 Å². The predicted octanol–water partition coefficient (Wildman–Crippen LogP) is 4.34. The Balaban J connectivity index is 2.38. The van der Waals surface area contributed by atoms with Gasteiger partial charge in [-0.15, -0.1) is 0 Å². The van der Waals surface area contributed by atoms with Gasteiger partial charge in [0.25, 0.3) is 0 Å². The van der Waals surface area contributed by atoms with Crippen LogP contribution >= 0.6 is 15.9 Å². The van der Waals surface area contributed by atoms with Crippen LogP contribution in [0.25, 0.3) is 0 Å². The molecule has 0 N–H and O–H groups in total. The van der Waals surface area contributed by atoms with Gasteiger partial charge in [0.2, 0.25) is 0 Å². The molecule has 0 radical (unpaired) electrons. The molecule has 0 aromatic rings. The molecule has 0 saturated heterocycles. The number of fused-ring (bicyclic) bond motifs is 1. The predicted molar refractivity (Wildman–Crippen MR) is 70.8 cm³/mol. The molecule has 92 valence electrons. The van der Waals surface area contributed by atoms with Crippen molar-refractivity contribution in [3.05, 3.63) is 0 Å². The molecular formula is C14H23BrO. The molecule has 2 rings (SSSR count). The summed E-state index contributed by atoms with van der Waals surface area (Å²) in [6.07, 6.45) is 5.75. The lowest BCUT2D eigenvalue weighted by Gasteiger charge is -2.55. The molecule has 2 saturated carbocycles. The maximum Gasteiger partial charge on any atom is 0.155 e. The quantitative estimate of drug-likeness (QED) is 0.606. The van der Waals surface area contributed by atoms with E-state index in [0.29, 0.717) is 17.1 Å². The molecule has 0 spiro atoms. The molecule has 2 fully saturated rings. The van der Waals surface area contributed by atoms with Crippen LogP contribution in [0.5, 0.6) is 0 Å². The summed E-state index contributed by atoms with van der Waals surface area (Å²) < 4.78 is -0.272. The third kappa shape index (κ3) is 1.68. The summed E-state index contributed by atoms with van der Waals surface area (Å²) in [6, 6.07) is 0. The van der Waals surface area contributed by atoms with E-state index in [2.05, 4.69) is 43.6 Å². The molecule has 16 heavy (non-hydrogen) atoms. The first-order valence-electron chi connectivity index (χ1n) is 6.44. The summed E-state index contributed by atoms with van der Waals surface area (Å²) >= 11 is 3.64. The average Bonchev–Trinajstić information content (AvgIpc) is 2.12. The van der Waals surface area contributed by atoms with Crippen molar-refractivity contribution in [2.24, 2.45) is 16.7 Å². The lowest BCUT2D eigenvalue weighted by atomic mass is 9.50. The number of hydrogen-bond acceptors (Lipinski definition) is 1. The normalized spacial score (nSPS) is 47.6. The SMILES string of the molecule is CC1(Br)CC[C@@H]2C(C)(C)CCC[C@]2(C)C1=O. The highest BCUT2D eigenvalue weighted by atomic mass is 79.9. The van der Waals surface area contributed by atoms with Crippen LogP contribution in [0.1, 0.15) is 59.8 Å². The van der Waals surface area contributed by atoms with Crippen molar-refractivity contribution in [3.8, 4) is 0 Å². The van der Waals surface area contributed by atoms with Crippen LogP contribution < -0.4 is 0 Å².